The van der Waals surface area contributed by atoms with Crippen molar-refractivity contribution in [2.75, 3.05) is 7.11 Å². The lowest BCUT2D eigenvalue weighted by Gasteiger charge is -2.06. The maximum absolute atomic E-state index is 5.98. The highest BCUT2D eigenvalue weighted by molar-refractivity contribution is 6.31. The van der Waals surface area contributed by atoms with E-state index in [-0.39, 0.29) is 5.96 Å². The Morgan fingerprint density at radius 3 is 2.69 bits per heavy atom. The molecule has 1 aromatic carbocycles. The highest BCUT2D eigenvalue weighted by Crippen LogP contribution is 2.25. The van der Waals surface area contributed by atoms with E-state index in [0.717, 1.165) is 5.56 Å². The quantitative estimate of drug-likeness (QED) is 0.474. The minimum atomic E-state index is -0.103. The Kier molecular flexibility index (Phi) is 4.13. The van der Waals surface area contributed by atoms with Gasteiger partial charge < -0.3 is 16.2 Å². The van der Waals surface area contributed by atoms with Crippen molar-refractivity contribution in [2.45, 2.75) is 6.92 Å². The highest BCUT2D eigenvalue weighted by atomic mass is 35.5. The predicted molar refractivity (Wildman–Crippen MR) is 66.1 cm³/mol. The van der Waals surface area contributed by atoms with E-state index in [2.05, 4.69) is 10.2 Å². The molecule has 0 bridgehead atoms. The molecular formula is C10H13ClN4O. The van der Waals surface area contributed by atoms with Gasteiger partial charge in [-0.15, -0.1) is 5.10 Å². The molecule has 0 aromatic heterocycles. The molecule has 0 atom stereocenters. The third-order valence-corrected chi connectivity index (χ3v) is 2.29. The first-order valence-corrected chi connectivity index (χ1v) is 4.88. The summed E-state index contributed by atoms with van der Waals surface area (Å²) in [6, 6.07) is 3.56. The number of hydrogen-bond acceptors (Lipinski definition) is 3. The zero-order valence-electron chi connectivity index (χ0n) is 9.07. The van der Waals surface area contributed by atoms with E-state index in [1.54, 1.807) is 13.2 Å². The first kappa shape index (κ1) is 12.3. The highest BCUT2D eigenvalue weighted by Gasteiger charge is 2.04. The number of methoxy groups -OCH3 is 1. The van der Waals surface area contributed by atoms with Crippen LogP contribution in [0.5, 0.6) is 5.75 Å². The van der Waals surface area contributed by atoms with Crippen molar-refractivity contribution in [3.63, 3.8) is 0 Å². The van der Waals surface area contributed by atoms with Gasteiger partial charge in [-0.25, -0.2) is 0 Å². The van der Waals surface area contributed by atoms with Gasteiger partial charge in [-0.2, -0.15) is 5.10 Å². The topological polar surface area (TPSA) is 86.0 Å². The van der Waals surface area contributed by atoms with Gasteiger partial charge in [0.05, 0.1) is 13.3 Å². The van der Waals surface area contributed by atoms with E-state index in [4.69, 9.17) is 27.8 Å². The molecule has 0 saturated heterocycles. The molecule has 0 fully saturated rings. The molecule has 6 heteroatoms. The Bertz CT molecular complexity index is 439. The molecule has 1 rings (SSSR count). The molecule has 16 heavy (non-hydrogen) atoms. The number of ether oxygens (including phenoxy) is 1. The van der Waals surface area contributed by atoms with Gasteiger partial charge in [-0.3, -0.25) is 0 Å². The molecule has 5 nitrogen and oxygen atoms in total. The van der Waals surface area contributed by atoms with Gasteiger partial charge in [0, 0.05) is 10.6 Å². The lowest BCUT2D eigenvalue weighted by Crippen LogP contribution is -2.21. The van der Waals surface area contributed by atoms with Crippen LogP contribution in [0.25, 0.3) is 0 Å². The van der Waals surface area contributed by atoms with E-state index in [1.807, 2.05) is 13.0 Å². The number of rotatable bonds is 3. The standard InChI is InChI=1S/C10H13ClN4O/c1-6-3-9(16-2)7(4-8(6)11)5-14-15-10(12)13/h3-5H,1-2H3,(H4,12,13,15). The molecule has 0 amide bonds. The van der Waals surface area contributed by atoms with Crippen LogP contribution in [-0.4, -0.2) is 19.3 Å². The smallest absolute Gasteiger partial charge is 0.211 e. The average molecular weight is 241 g/mol. The molecule has 0 aliphatic rings. The number of nitrogens with zero attached hydrogens (tertiary/aromatic N) is 2. The van der Waals surface area contributed by atoms with Crippen LogP contribution in [0.4, 0.5) is 0 Å². The normalized spacial score (nSPS) is 10.4. The maximum atomic E-state index is 5.98. The summed E-state index contributed by atoms with van der Waals surface area (Å²) in [6.45, 7) is 1.89. The van der Waals surface area contributed by atoms with Crippen molar-refractivity contribution < 1.29 is 4.74 Å². The molecule has 0 radical (unpaired) electrons. The summed E-state index contributed by atoms with van der Waals surface area (Å²) in [5.74, 6) is 0.560. The second kappa shape index (κ2) is 5.37. The molecule has 0 heterocycles. The number of benzene rings is 1. The second-order valence-electron chi connectivity index (χ2n) is 3.11. The fraction of sp³-hybridized carbons (Fsp3) is 0.200. The van der Waals surface area contributed by atoms with Gasteiger partial charge in [0.1, 0.15) is 5.75 Å². The number of guanidine groups is 1. The molecule has 0 aliphatic carbocycles. The zero-order valence-corrected chi connectivity index (χ0v) is 9.82. The van der Waals surface area contributed by atoms with E-state index < -0.39 is 0 Å². The summed E-state index contributed by atoms with van der Waals surface area (Å²) in [5, 5.41) is 7.82. The van der Waals surface area contributed by atoms with E-state index in [0.29, 0.717) is 16.3 Å². The number of halogens is 1. The van der Waals surface area contributed by atoms with Gasteiger partial charge in [0.15, 0.2) is 0 Å². The zero-order chi connectivity index (χ0) is 12.1. The van der Waals surface area contributed by atoms with Gasteiger partial charge in [-0.05, 0) is 24.6 Å². The SMILES string of the molecule is COc1cc(C)c(Cl)cc1C=NN=C(N)N. The Labute approximate surface area is 98.7 Å². The summed E-state index contributed by atoms with van der Waals surface area (Å²) >= 11 is 5.98. The molecule has 0 aliphatic heterocycles. The van der Waals surface area contributed by atoms with E-state index >= 15 is 0 Å². The van der Waals surface area contributed by atoms with Crippen LogP contribution in [0, 0.1) is 6.92 Å². The minimum Gasteiger partial charge on any atom is -0.496 e. The lowest BCUT2D eigenvalue weighted by molar-refractivity contribution is 0.414. The first-order valence-electron chi connectivity index (χ1n) is 4.50. The second-order valence-corrected chi connectivity index (χ2v) is 3.52. The molecule has 0 spiro atoms. The van der Waals surface area contributed by atoms with Gasteiger partial charge in [-0.1, -0.05) is 11.6 Å². The molecule has 1 aromatic rings. The molecule has 4 N–H and O–H groups in total. The summed E-state index contributed by atoms with van der Waals surface area (Å²) in [5.41, 5.74) is 11.9. The largest absolute Gasteiger partial charge is 0.496 e. The van der Waals surface area contributed by atoms with Crippen LogP contribution in [0.2, 0.25) is 5.02 Å². The van der Waals surface area contributed by atoms with Gasteiger partial charge >= 0.3 is 0 Å². The fourth-order valence-electron chi connectivity index (χ4n) is 1.11. The Hall–Kier alpha value is -1.75. The summed E-state index contributed by atoms with van der Waals surface area (Å²) in [6.07, 6.45) is 1.48. The van der Waals surface area contributed by atoms with Crippen LogP contribution >= 0.6 is 11.6 Å². The molecule has 86 valence electrons. The third kappa shape index (κ3) is 3.13. The minimum absolute atomic E-state index is 0.103. The monoisotopic (exact) mass is 240 g/mol. The van der Waals surface area contributed by atoms with E-state index in [9.17, 15) is 0 Å². The number of nitrogens with two attached hydrogens (primary N) is 2. The maximum Gasteiger partial charge on any atom is 0.211 e. The first-order chi connectivity index (χ1) is 7.54. The van der Waals surface area contributed by atoms with Crippen molar-refractivity contribution in [2.24, 2.45) is 21.7 Å². The number of hydrogen-bond donors (Lipinski definition) is 2. The van der Waals surface area contributed by atoms with Crippen LogP contribution in [0.1, 0.15) is 11.1 Å². The Morgan fingerprint density at radius 1 is 1.44 bits per heavy atom. The summed E-state index contributed by atoms with van der Waals surface area (Å²) in [4.78, 5) is 0. The van der Waals surface area contributed by atoms with Crippen LogP contribution < -0.4 is 16.2 Å². The third-order valence-electron chi connectivity index (χ3n) is 1.88. The van der Waals surface area contributed by atoms with Crippen molar-refractivity contribution in [3.8, 4) is 5.75 Å². The van der Waals surface area contributed by atoms with Gasteiger partial charge in [0.25, 0.3) is 0 Å². The predicted octanol–water partition coefficient (Wildman–Crippen LogP) is 1.26. The summed E-state index contributed by atoms with van der Waals surface area (Å²) < 4.78 is 5.18. The van der Waals surface area contributed by atoms with Crippen molar-refractivity contribution >= 4 is 23.8 Å². The molecule has 0 saturated carbocycles. The lowest BCUT2D eigenvalue weighted by atomic mass is 10.1. The van der Waals surface area contributed by atoms with Crippen molar-refractivity contribution in [1.29, 1.82) is 0 Å². The van der Waals surface area contributed by atoms with Crippen LogP contribution in [0.3, 0.4) is 0 Å². The fourth-order valence-corrected chi connectivity index (χ4v) is 1.28. The molecule has 0 unspecified atom stereocenters. The number of aryl methyl sites for hydroxylation is 1. The van der Waals surface area contributed by atoms with Crippen molar-refractivity contribution in [1.82, 2.24) is 0 Å². The Morgan fingerprint density at radius 2 is 2.12 bits per heavy atom. The van der Waals surface area contributed by atoms with Crippen LogP contribution in [0.15, 0.2) is 22.3 Å². The average Bonchev–Trinajstić information content (AvgIpc) is 2.22. The van der Waals surface area contributed by atoms with Crippen LogP contribution in [-0.2, 0) is 0 Å². The Balaban J connectivity index is 3.08. The molecular weight excluding hydrogens is 228 g/mol. The van der Waals surface area contributed by atoms with E-state index in [1.165, 1.54) is 6.21 Å². The summed E-state index contributed by atoms with van der Waals surface area (Å²) in [7, 11) is 1.57. The van der Waals surface area contributed by atoms with Gasteiger partial charge in [0.2, 0.25) is 5.96 Å². The van der Waals surface area contributed by atoms with Crippen molar-refractivity contribution in [3.05, 3.63) is 28.3 Å².